The summed E-state index contributed by atoms with van der Waals surface area (Å²) in [5.74, 6) is -11.2. The van der Waals surface area contributed by atoms with Gasteiger partial charge in [-0.05, 0) is 45.4 Å². The van der Waals surface area contributed by atoms with Crippen LogP contribution in [0.3, 0.4) is 0 Å². The minimum absolute atomic E-state index is 0.0129. The quantitative estimate of drug-likeness (QED) is 0.559. The van der Waals surface area contributed by atoms with Gasteiger partial charge in [-0.25, -0.2) is 0 Å². The Morgan fingerprint density at radius 2 is 1.27 bits per heavy atom. The second-order valence-corrected chi connectivity index (χ2v) is 7.13. The smallest absolute Gasteiger partial charge is 0.459 e. The summed E-state index contributed by atoms with van der Waals surface area (Å²) in [5, 5.41) is 0. The van der Waals surface area contributed by atoms with Gasteiger partial charge in [-0.1, -0.05) is 12.1 Å². The lowest BCUT2D eigenvalue weighted by molar-refractivity contribution is -0.361. The summed E-state index contributed by atoms with van der Waals surface area (Å²) in [4.78, 5) is 0. The van der Waals surface area contributed by atoms with Crippen molar-refractivity contribution >= 4 is 0 Å². The minimum Gasteiger partial charge on any atom is -0.488 e. The molecule has 0 aromatic heterocycles. The second kappa shape index (κ2) is 6.90. The lowest BCUT2D eigenvalue weighted by Gasteiger charge is -2.36. The van der Waals surface area contributed by atoms with Crippen molar-refractivity contribution in [3.8, 4) is 5.75 Å². The van der Waals surface area contributed by atoms with Gasteiger partial charge in [0, 0.05) is 7.11 Å². The van der Waals surface area contributed by atoms with Crippen molar-refractivity contribution in [3.63, 3.8) is 0 Å². The molecule has 0 radical (unpaired) electrons. The molecule has 0 bridgehead atoms. The van der Waals surface area contributed by atoms with Crippen molar-refractivity contribution in [3.05, 3.63) is 29.8 Å². The van der Waals surface area contributed by atoms with Gasteiger partial charge in [0.2, 0.25) is 0 Å². The van der Waals surface area contributed by atoms with E-state index >= 15 is 0 Å². The lowest BCUT2D eigenvalue weighted by Crippen LogP contribution is -2.54. The Morgan fingerprint density at radius 3 is 1.62 bits per heavy atom. The molecule has 0 saturated carbocycles. The van der Waals surface area contributed by atoms with Crippen molar-refractivity contribution in [1.82, 2.24) is 0 Å². The normalized spacial score (nSPS) is 16.3. The van der Waals surface area contributed by atoms with E-state index in [1.165, 1.54) is 24.3 Å². The highest BCUT2D eigenvalue weighted by atomic mass is 19.4. The van der Waals surface area contributed by atoms with E-state index < -0.39 is 35.6 Å². The average molecular weight is 390 g/mol. The third-order valence-corrected chi connectivity index (χ3v) is 3.71. The zero-order chi connectivity index (χ0) is 20.6. The van der Waals surface area contributed by atoms with Gasteiger partial charge in [0.15, 0.2) is 0 Å². The number of halogens is 7. The van der Waals surface area contributed by atoms with Crippen LogP contribution in [0.2, 0.25) is 0 Å². The molecule has 150 valence electrons. The number of benzene rings is 1. The van der Waals surface area contributed by atoms with Crippen LogP contribution in [0.5, 0.6) is 5.75 Å². The third-order valence-electron chi connectivity index (χ3n) is 3.71. The molecule has 0 saturated heterocycles. The zero-order valence-electron chi connectivity index (χ0n) is 15.0. The summed E-state index contributed by atoms with van der Waals surface area (Å²) in [6.07, 6.45) is -8.24. The van der Waals surface area contributed by atoms with Crippen LogP contribution >= 0.6 is 0 Å². The molecule has 9 heteroatoms. The fourth-order valence-electron chi connectivity index (χ4n) is 2.26. The summed E-state index contributed by atoms with van der Waals surface area (Å²) < 4.78 is 101. The van der Waals surface area contributed by atoms with E-state index in [-0.39, 0.29) is 5.56 Å². The van der Waals surface area contributed by atoms with Crippen LogP contribution < -0.4 is 4.74 Å². The van der Waals surface area contributed by atoms with Crippen LogP contribution in [0.25, 0.3) is 0 Å². The topological polar surface area (TPSA) is 18.5 Å². The average Bonchev–Trinajstić information content (AvgIpc) is 2.44. The van der Waals surface area contributed by atoms with E-state index in [1.807, 2.05) is 0 Å². The first kappa shape index (κ1) is 22.5. The first-order chi connectivity index (χ1) is 11.5. The maximum Gasteiger partial charge on any atom is 0.459 e. The first-order valence-corrected chi connectivity index (χ1v) is 7.62. The van der Waals surface area contributed by atoms with Gasteiger partial charge < -0.3 is 9.47 Å². The summed E-state index contributed by atoms with van der Waals surface area (Å²) in [6, 6.07) is 5.37. The van der Waals surface area contributed by atoms with E-state index in [0.717, 1.165) is 14.0 Å². The van der Waals surface area contributed by atoms with E-state index in [9.17, 15) is 30.7 Å². The summed E-state index contributed by atoms with van der Waals surface area (Å²) in [7, 11) is 0.960. The van der Waals surface area contributed by atoms with Crippen LogP contribution in [0.4, 0.5) is 30.7 Å². The Labute approximate surface area is 147 Å². The largest absolute Gasteiger partial charge is 0.488 e. The van der Waals surface area contributed by atoms with Crippen LogP contribution in [0.1, 0.15) is 39.7 Å². The molecule has 26 heavy (non-hydrogen) atoms. The molecule has 1 aromatic rings. The van der Waals surface area contributed by atoms with Crippen LogP contribution in [-0.2, 0) is 10.3 Å². The van der Waals surface area contributed by atoms with Crippen molar-refractivity contribution in [2.45, 2.75) is 63.3 Å². The van der Waals surface area contributed by atoms with Gasteiger partial charge >= 0.3 is 18.0 Å². The molecule has 0 aliphatic rings. The van der Waals surface area contributed by atoms with Gasteiger partial charge in [0.05, 0.1) is 12.0 Å². The van der Waals surface area contributed by atoms with Crippen LogP contribution in [0, 0.1) is 0 Å². The number of hydrogen-bond acceptors (Lipinski definition) is 2. The molecule has 0 aliphatic carbocycles. The molecule has 0 heterocycles. The highest BCUT2D eigenvalue weighted by Gasteiger charge is 2.73. The Balaban J connectivity index is 3.15. The first-order valence-electron chi connectivity index (χ1n) is 7.62. The van der Waals surface area contributed by atoms with Gasteiger partial charge in [-0.2, -0.15) is 30.7 Å². The van der Waals surface area contributed by atoms with E-state index in [4.69, 9.17) is 9.47 Å². The molecule has 1 atom stereocenters. The summed E-state index contributed by atoms with van der Waals surface area (Å²) in [6.45, 7) is 6.35. The molecular weight excluding hydrogens is 369 g/mol. The predicted molar refractivity (Wildman–Crippen MR) is 81.8 cm³/mol. The summed E-state index contributed by atoms with van der Waals surface area (Å²) in [5.41, 5.74) is -2.59. The number of alkyl halides is 7. The molecule has 0 spiro atoms. The highest BCUT2D eigenvalue weighted by molar-refractivity contribution is 5.31. The molecule has 0 amide bonds. The fraction of sp³-hybridized carbons (Fsp3) is 0.647. The summed E-state index contributed by atoms with van der Waals surface area (Å²) >= 11 is 0. The van der Waals surface area contributed by atoms with Crippen molar-refractivity contribution < 1.29 is 40.2 Å². The number of hydrogen-bond donors (Lipinski definition) is 0. The van der Waals surface area contributed by atoms with Gasteiger partial charge in [0.25, 0.3) is 0 Å². The molecule has 0 N–H and O–H groups in total. The molecule has 1 unspecified atom stereocenters. The Morgan fingerprint density at radius 1 is 0.808 bits per heavy atom. The number of rotatable bonds is 6. The number of ether oxygens (including phenoxy) is 2. The molecule has 1 rings (SSSR count). The third kappa shape index (κ3) is 4.81. The van der Waals surface area contributed by atoms with Crippen LogP contribution in [0.15, 0.2) is 24.3 Å². The Kier molecular flexibility index (Phi) is 5.98. The highest BCUT2D eigenvalue weighted by Crippen LogP contribution is 2.51. The Hall–Kier alpha value is -1.51. The van der Waals surface area contributed by atoms with E-state index in [1.54, 1.807) is 20.8 Å². The zero-order valence-corrected chi connectivity index (χ0v) is 15.0. The monoisotopic (exact) mass is 390 g/mol. The van der Waals surface area contributed by atoms with E-state index in [0.29, 0.717) is 5.75 Å². The van der Waals surface area contributed by atoms with Crippen molar-refractivity contribution in [2.24, 2.45) is 0 Å². The van der Waals surface area contributed by atoms with Gasteiger partial charge in [-0.3, -0.25) is 0 Å². The standard InChI is InChI=1S/C17H21F7O2/c1-13(2,3)26-12-8-6-11(7-9-12)14(4,25-5)10-15(18,19)16(20,21)17(22,23)24/h6-9H,10H2,1-5H3. The molecular formula is C17H21F7O2. The maximum absolute atomic E-state index is 13.8. The minimum atomic E-state index is -6.38. The van der Waals surface area contributed by atoms with Crippen molar-refractivity contribution in [1.29, 1.82) is 0 Å². The predicted octanol–water partition coefficient (Wildman–Crippen LogP) is 5.95. The molecule has 0 fully saturated rings. The number of methoxy groups -OCH3 is 1. The molecule has 2 nitrogen and oxygen atoms in total. The van der Waals surface area contributed by atoms with Gasteiger partial charge in [-0.15, -0.1) is 0 Å². The molecule has 0 aliphatic heterocycles. The maximum atomic E-state index is 13.8. The molecule has 1 aromatic carbocycles. The van der Waals surface area contributed by atoms with Gasteiger partial charge in [0.1, 0.15) is 11.4 Å². The van der Waals surface area contributed by atoms with Crippen LogP contribution in [-0.4, -0.2) is 30.7 Å². The lowest BCUT2D eigenvalue weighted by atomic mass is 9.87. The second-order valence-electron chi connectivity index (χ2n) is 7.13. The Bertz CT molecular complexity index is 603. The van der Waals surface area contributed by atoms with Crippen molar-refractivity contribution in [2.75, 3.05) is 7.11 Å². The SMILES string of the molecule is COC(C)(CC(F)(F)C(F)(F)C(F)(F)F)c1ccc(OC(C)(C)C)cc1. The fourth-order valence-corrected chi connectivity index (χ4v) is 2.26. The van der Waals surface area contributed by atoms with E-state index in [2.05, 4.69) is 0 Å².